The summed E-state index contributed by atoms with van der Waals surface area (Å²) < 4.78 is 0. The van der Waals surface area contributed by atoms with E-state index in [1.165, 1.54) is 19.3 Å². The Labute approximate surface area is 128 Å². The first-order chi connectivity index (χ1) is 10.2. The normalized spacial score (nSPS) is 23.9. The highest BCUT2D eigenvalue weighted by atomic mass is 16.3. The number of nitrogens with one attached hydrogen (secondary N) is 1. The Balaban J connectivity index is 1.64. The number of nitrogens with zero attached hydrogens (tertiary/aromatic N) is 2. The third-order valence-corrected chi connectivity index (χ3v) is 5.01. The largest absolute Gasteiger partial charge is 0.395 e. The second-order valence-corrected chi connectivity index (χ2v) is 6.53. The van der Waals surface area contributed by atoms with Gasteiger partial charge in [0.15, 0.2) is 0 Å². The summed E-state index contributed by atoms with van der Waals surface area (Å²) in [6, 6.07) is 0.0137. The van der Waals surface area contributed by atoms with Gasteiger partial charge in [-0.2, -0.15) is 0 Å². The molecular formula is C16H31N3O2. The van der Waals surface area contributed by atoms with Crippen LogP contribution in [0.5, 0.6) is 0 Å². The van der Waals surface area contributed by atoms with Gasteiger partial charge in [0, 0.05) is 13.1 Å². The summed E-state index contributed by atoms with van der Waals surface area (Å²) in [4.78, 5) is 16.9. The molecule has 2 rings (SSSR count). The van der Waals surface area contributed by atoms with Crippen LogP contribution in [0.15, 0.2) is 0 Å². The maximum absolute atomic E-state index is 12.3. The van der Waals surface area contributed by atoms with Crippen molar-refractivity contribution in [1.82, 2.24) is 15.1 Å². The molecular weight excluding hydrogens is 266 g/mol. The molecule has 0 aromatic carbocycles. The van der Waals surface area contributed by atoms with E-state index >= 15 is 0 Å². The van der Waals surface area contributed by atoms with E-state index in [4.69, 9.17) is 5.11 Å². The van der Waals surface area contributed by atoms with Crippen molar-refractivity contribution in [2.75, 3.05) is 45.9 Å². The first kappa shape index (κ1) is 16.7. The summed E-state index contributed by atoms with van der Waals surface area (Å²) >= 11 is 0. The topological polar surface area (TPSA) is 55.8 Å². The van der Waals surface area contributed by atoms with Crippen molar-refractivity contribution in [2.24, 2.45) is 5.92 Å². The molecule has 0 bridgehead atoms. The molecule has 1 unspecified atom stereocenters. The van der Waals surface area contributed by atoms with Crippen molar-refractivity contribution in [1.29, 1.82) is 0 Å². The minimum atomic E-state index is 0.0137. The SMILES string of the molecule is CC(C(=O)NCC1CCN(CCO)CC1)N1CCCCC1. The number of rotatable bonds is 6. The van der Waals surface area contributed by atoms with Crippen LogP contribution in [0.1, 0.15) is 39.0 Å². The molecule has 5 nitrogen and oxygen atoms in total. The number of piperidine rings is 2. The van der Waals surface area contributed by atoms with Crippen molar-refractivity contribution in [3.8, 4) is 0 Å². The molecule has 2 saturated heterocycles. The van der Waals surface area contributed by atoms with E-state index in [1.807, 2.05) is 6.92 Å². The number of aliphatic hydroxyl groups is 1. The second kappa shape index (κ2) is 8.71. The van der Waals surface area contributed by atoms with Crippen molar-refractivity contribution in [3.05, 3.63) is 0 Å². The standard InChI is InChI=1S/C16H31N3O2/c1-14(19-7-3-2-4-8-19)16(21)17-13-15-5-9-18(10-6-15)11-12-20/h14-15,20H,2-13H2,1H3,(H,17,21). The Morgan fingerprint density at radius 1 is 1.19 bits per heavy atom. The lowest BCUT2D eigenvalue weighted by Gasteiger charge is -2.33. The maximum Gasteiger partial charge on any atom is 0.237 e. The molecule has 1 atom stereocenters. The summed E-state index contributed by atoms with van der Waals surface area (Å²) in [5.74, 6) is 0.784. The van der Waals surface area contributed by atoms with E-state index < -0.39 is 0 Å². The Morgan fingerprint density at radius 3 is 2.48 bits per heavy atom. The van der Waals surface area contributed by atoms with E-state index in [9.17, 15) is 4.79 Å². The molecule has 0 aromatic rings. The summed E-state index contributed by atoms with van der Waals surface area (Å²) in [7, 11) is 0. The van der Waals surface area contributed by atoms with Gasteiger partial charge in [0.2, 0.25) is 5.91 Å². The molecule has 0 saturated carbocycles. The third-order valence-electron chi connectivity index (χ3n) is 5.01. The lowest BCUT2D eigenvalue weighted by molar-refractivity contribution is -0.126. The number of hydrogen-bond donors (Lipinski definition) is 2. The smallest absolute Gasteiger partial charge is 0.237 e. The van der Waals surface area contributed by atoms with Gasteiger partial charge in [-0.1, -0.05) is 6.42 Å². The fraction of sp³-hybridized carbons (Fsp3) is 0.938. The molecule has 0 aromatic heterocycles. The average molecular weight is 297 g/mol. The molecule has 2 aliphatic rings. The lowest BCUT2D eigenvalue weighted by Crippen LogP contribution is -2.48. The van der Waals surface area contributed by atoms with Gasteiger partial charge in [0.1, 0.15) is 0 Å². The fourth-order valence-electron chi connectivity index (χ4n) is 3.42. The van der Waals surface area contributed by atoms with E-state index in [0.29, 0.717) is 5.92 Å². The van der Waals surface area contributed by atoms with Crippen molar-refractivity contribution in [3.63, 3.8) is 0 Å². The molecule has 5 heteroatoms. The van der Waals surface area contributed by atoms with Gasteiger partial charge in [-0.15, -0.1) is 0 Å². The van der Waals surface area contributed by atoms with Gasteiger partial charge >= 0.3 is 0 Å². The molecule has 21 heavy (non-hydrogen) atoms. The molecule has 122 valence electrons. The van der Waals surface area contributed by atoms with E-state index in [0.717, 1.165) is 52.1 Å². The van der Waals surface area contributed by atoms with Gasteiger partial charge in [-0.05, 0) is 64.7 Å². The van der Waals surface area contributed by atoms with Gasteiger partial charge in [0.05, 0.1) is 12.6 Å². The Kier molecular flexibility index (Phi) is 6.93. The van der Waals surface area contributed by atoms with Crippen molar-refractivity contribution in [2.45, 2.75) is 45.1 Å². The molecule has 0 aliphatic carbocycles. The van der Waals surface area contributed by atoms with Gasteiger partial charge in [0.25, 0.3) is 0 Å². The first-order valence-corrected chi connectivity index (χ1v) is 8.55. The fourth-order valence-corrected chi connectivity index (χ4v) is 3.42. The van der Waals surface area contributed by atoms with Crippen LogP contribution >= 0.6 is 0 Å². The summed E-state index contributed by atoms with van der Waals surface area (Å²) in [6.07, 6.45) is 6.00. The number of hydrogen-bond acceptors (Lipinski definition) is 4. The minimum absolute atomic E-state index is 0.0137. The van der Waals surface area contributed by atoms with Crippen molar-refractivity contribution >= 4 is 5.91 Å². The van der Waals surface area contributed by atoms with E-state index in [1.54, 1.807) is 0 Å². The number of carbonyl (C=O) groups excluding carboxylic acids is 1. The average Bonchev–Trinajstić information content (AvgIpc) is 2.54. The molecule has 2 aliphatic heterocycles. The van der Waals surface area contributed by atoms with Crippen LogP contribution in [-0.4, -0.2) is 72.7 Å². The van der Waals surface area contributed by atoms with Crippen LogP contribution in [0.2, 0.25) is 0 Å². The molecule has 2 heterocycles. The van der Waals surface area contributed by atoms with Gasteiger partial charge in [-0.25, -0.2) is 0 Å². The van der Waals surface area contributed by atoms with Crippen LogP contribution in [0, 0.1) is 5.92 Å². The van der Waals surface area contributed by atoms with Crippen molar-refractivity contribution < 1.29 is 9.90 Å². The minimum Gasteiger partial charge on any atom is -0.395 e. The zero-order valence-corrected chi connectivity index (χ0v) is 13.4. The highest BCUT2D eigenvalue weighted by Crippen LogP contribution is 2.16. The molecule has 2 fully saturated rings. The molecule has 2 N–H and O–H groups in total. The first-order valence-electron chi connectivity index (χ1n) is 8.55. The number of likely N-dealkylation sites (tertiary alicyclic amines) is 2. The summed E-state index contributed by atoms with van der Waals surface area (Å²) in [5.41, 5.74) is 0. The van der Waals surface area contributed by atoms with Crippen LogP contribution in [0.3, 0.4) is 0 Å². The Morgan fingerprint density at radius 2 is 1.86 bits per heavy atom. The zero-order valence-electron chi connectivity index (χ0n) is 13.4. The lowest BCUT2D eigenvalue weighted by atomic mass is 9.96. The summed E-state index contributed by atoms with van der Waals surface area (Å²) in [6.45, 7) is 8.09. The quantitative estimate of drug-likeness (QED) is 0.757. The highest BCUT2D eigenvalue weighted by Gasteiger charge is 2.24. The maximum atomic E-state index is 12.3. The Bertz CT molecular complexity index is 311. The molecule has 0 radical (unpaired) electrons. The predicted molar refractivity (Wildman–Crippen MR) is 84.1 cm³/mol. The van der Waals surface area contributed by atoms with Crippen LogP contribution in [0.4, 0.5) is 0 Å². The van der Waals surface area contributed by atoms with Gasteiger partial charge < -0.3 is 15.3 Å². The summed E-state index contributed by atoms with van der Waals surface area (Å²) in [5, 5.41) is 12.1. The number of carbonyl (C=O) groups is 1. The third kappa shape index (κ3) is 5.24. The number of amides is 1. The highest BCUT2D eigenvalue weighted by molar-refractivity contribution is 5.81. The molecule has 0 spiro atoms. The zero-order chi connectivity index (χ0) is 15.1. The van der Waals surface area contributed by atoms with Gasteiger partial charge in [-0.3, -0.25) is 9.69 Å². The van der Waals surface area contributed by atoms with E-state index in [2.05, 4.69) is 15.1 Å². The predicted octanol–water partition coefficient (Wildman–Crippen LogP) is 0.681. The Hall–Kier alpha value is -0.650. The second-order valence-electron chi connectivity index (χ2n) is 6.53. The monoisotopic (exact) mass is 297 g/mol. The van der Waals surface area contributed by atoms with Crippen LogP contribution < -0.4 is 5.32 Å². The van der Waals surface area contributed by atoms with E-state index in [-0.39, 0.29) is 18.6 Å². The van der Waals surface area contributed by atoms with Crippen LogP contribution in [0.25, 0.3) is 0 Å². The number of aliphatic hydroxyl groups excluding tert-OH is 1. The number of β-amino-alcohol motifs (C(OH)–C–C–N with tert-alkyl or cyclic N) is 1. The molecule has 1 amide bonds. The van der Waals surface area contributed by atoms with Crippen LogP contribution in [-0.2, 0) is 4.79 Å².